The fourth-order valence-electron chi connectivity index (χ4n) is 1.62. The summed E-state index contributed by atoms with van der Waals surface area (Å²) in [6.07, 6.45) is 0. The van der Waals surface area contributed by atoms with E-state index in [0.29, 0.717) is 0 Å². The summed E-state index contributed by atoms with van der Waals surface area (Å²) in [6, 6.07) is 6.69. The minimum absolute atomic E-state index is 0.111. The molecule has 0 spiro atoms. The van der Waals surface area contributed by atoms with E-state index in [0.717, 1.165) is 24.3 Å². The molecule has 0 saturated heterocycles. The lowest BCUT2D eigenvalue weighted by molar-refractivity contribution is -0.385. The summed E-state index contributed by atoms with van der Waals surface area (Å²) in [5.74, 6) is -1.03. The van der Waals surface area contributed by atoms with Crippen molar-refractivity contribution in [3.8, 4) is 5.75 Å². The number of rotatable bonds is 4. The predicted molar refractivity (Wildman–Crippen MR) is 81.2 cm³/mol. The van der Waals surface area contributed by atoms with Crippen molar-refractivity contribution in [3.05, 3.63) is 72.2 Å². The minimum atomic E-state index is -0.916. The number of hydrogen-bond donors (Lipinski definition) is 0. The summed E-state index contributed by atoms with van der Waals surface area (Å²) < 4.78 is 4.98. The molecule has 0 unspecified atom stereocenters. The molecule has 0 aliphatic heterocycles. The van der Waals surface area contributed by atoms with Gasteiger partial charge in [-0.25, -0.2) is 4.79 Å². The Morgan fingerprint density at radius 3 is 2.22 bits per heavy atom. The van der Waals surface area contributed by atoms with Gasteiger partial charge >= 0.3 is 5.97 Å². The molecule has 0 aliphatic rings. The normalized spacial score (nSPS) is 10.2. The molecule has 0 N–H and O–H groups in total. The Labute approximate surface area is 138 Å². The number of nitro benzene ring substituents is 2. The number of benzene rings is 2. The summed E-state index contributed by atoms with van der Waals surface area (Å²) in [5, 5.41) is 21.1. The Hall–Kier alpha value is -2.71. The predicted octanol–water partition coefficient (Wildman–Crippen LogP) is 4.03. The first-order chi connectivity index (χ1) is 10.8. The van der Waals surface area contributed by atoms with Crippen molar-refractivity contribution in [1.82, 2.24) is 0 Å². The molecule has 0 aliphatic carbocycles. The second-order valence-corrected chi connectivity index (χ2v) is 5.00. The third-order valence-electron chi connectivity index (χ3n) is 2.71. The third-order valence-corrected chi connectivity index (χ3v) is 3.32. The van der Waals surface area contributed by atoms with Gasteiger partial charge in [-0.2, -0.15) is 0 Å². The van der Waals surface area contributed by atoms with Gasteiger partial charge in [-0.1, -0.05) is 23.2 Å². The Morgan fingerprint density at radius 1 is 0.957 bits per heavy atom. The molecule has 23 heavy (non-hydrogen) atoms. The maximum Gasteiger partial charge on any atom is 0.343 e. The van der Waals surface area contributed by atoms with E-state index in [2.05, 4.69) is 0 Å². The fraction of sp³-hybridized carbons (Fsp3) is 0. The lowest BCUT2D eigenvalue weighted by Crippen LogP contribution is -2.09. The van der Waals surface area contributed by atoms with Crippen LogP contribution in [-0.2, 0) is 0 Å². The van der Waals surface area contributed by atoms with E-state index < -0.39 is 21.5 Å². The van der Waals surface area contributed by atoms with Gasteiger partial charge in [0.25, 0.3) is 11.4 Å². The smallest absolute Gasteiger partial charge is 0.343 e. The Balaban J connectivity index is 2.27. The molecule has 0 saturated carbocycles. The number of nitrogens with zero attached hydrogens (tertiary/aromatic N) is 2. The molecule has 118 valence electrons. The lowest BCUT2D eigenvalue weighted by atomic mass is 10.2. The SMILES string of the molecule is O=C(Oc1ccc([N+](=O)[O-])cc1Cl)c1ccc(Cl)c([N+](=O)[O-])c1. The molecule has 2 aromatic rings. The number of hydrogen-bond acceptors (Lipinski definition) is 6. The molecule has 0 bridgehead atoms. The van der Waals surface area contributed by atoms with Crippen LogP contribution in [0.15, 0.2) is 36.4 Å². The van der Waals surface area contributed by atoms with Gasteiger partial charge in [-0.05, 0) is 18.2 Å². The monoisotopic (exact) mass is 356 g/mol. The average molecular weight is 357 g/mol. The van der Waals surface area contributed by atoms with E-state index in [4.69, 9.17) is 27.9 Å². The fourth-order valence-corrected chi connectivity index (χ4v) is 2.02. The second-order valence-electron chi connectivity index (χ2n) is 4.18. The van der Waals surface area contributed by atoms with Crippen molar-refractivity contribution in [1.29, 1.82) is 0 Å². The van der Waals surface area contributed by atoms with Crippen LogP contribution in [0.4, 0.5) is 11.4 Å². The first kappa shape index (κ1) is 16.7. The summed E-state index contributed by atoms with van der Waals surface area (Å²) in [6.45, 7) is 0. The quantitative estimate of drug-likeness (QED) is 0.353. The lowest BCUT2D eigenvalue weighted by Gasteiger charge is -2.06. The zero-order chi connectivity index (χ0) is 17.1. The second kappa shape index (κ2) is 6.59. The van der Waals surface area contributed by atoms with Gasteiger partial charge in [0, 0.05) is 18.2 Å². The summed E-state index contributed by atoms with van der Waals surface area (Å²) in [4.78, 5) is 32.0. The number of nitro groups is 2. The molecule has 0 heterocycles. The molecule has 10 heteroatoms. The largest absolute Gasteiger partial charge is 0.421 e. The standard InChI is InChI=1S/C13H6Cl2N2O6/c14-9-3-1-7(5-11(9)17(21)22)13(18)23-12-4-2-8(16(19)20)6-10(12)15/h1-6H. The van der Waals surface area contributed by atoms with Crippen molar-refractivity contribution >= 4 is 40.5 Å². The maximum atomic E-state index is 12.0. The molecular weight excluding hydrogens is 351 g/mol. The molecule has 8 nitrogen and oxygen atoms in total. The first-order valence-corrected chi connectivity index (χ1v) is 6.65. The zero-order valence-corrected chi connectivity index (χ0v) is 12.6. The molecule has 2 rings (SSSR count). The average Bonchev–Trinajstić information content (AvgIpc) is 2.49. The number of esters is 1. The van der Waals surface area contributed by atoms with Crippen LogP contribution in [0, 0.1) is 20.2 Å². The molecule has 0 amide bonds. The van der Waals surface area contributed by atoms with Gasteiger partial charge in [-0.3, -0.25) is 20.2 Å². The number of halogens is 2. The van der Waals surface area contributed by atoms with E-state index in [1.54, 1.807) is 0 Å². The highest BCUT2D eigenvalue weighted by Gasteiger charge is 2.19. The molecule has 2 aromatic carbocycles. The van der Waals surface area contributed by atoms with Crippen molar-refractivity contribution < 1.29 is 19.4 Å². The van der Waals surface area contributed by atoms with Gasteiger partial charge in [-0.15, -0.1) is 0 Å². The molecule has 0 fully saturated rings. The van der Waals surface area contributed by atoms with Gasteiger partial charge in [0.05, 0.1) is 20.4 Å². The van der Waals surface area contributed by atoms with Crippen LogP contribution in [0.25, 0.3) is 0 Å². The summed E-state index contributed by atoms with van der Waals surface area (Å²) >= 11 is 11.5. The Bertz CT molecular complexity index is 824. The van der Waals surface area contributed by atoms with Crippen LogP contribution >= 0.6 is 23.2 Å². The topological polar surface area (TPSA) is 113 Å². The molecule has 0 radical (unpaired) electrons. The van der Waals surface area contributed by atoms with Crippen LogP contribution in [0.1, 0.15) is 10.4 Å². The summed E-state index contributed by atoms with van der Waals surface area (Å²) in [5.41, 5.74) is -0.830. The first-order valence-electron chi connectivity index (χ1n) is 5.89. The number of non-ortho nitro benzene ring substituents is 1. The van der Waals surface area contributed by atoms with Crippen LogP contribution < -0.4 is 4.74 Å². The van der Waals surface area contributed by atoms with Gasteiger partial charge in [0.15, 0.2) is 0 Å². The molecular formula is C13H6Cl2N2O6. The minimum Gasteiger partial charge on any atom is -0.421 e. The zero-order valence-electron chi connectivity index (χ0n) is 11.1. The van der Waals surface area contributed by atoms with Crippen molar-refractivity contribution in [2.24, 2.45) is 0 Å². The highest BCUT2D eigenvalue weighted by Crippen LogP contribution is 2.30. The number of carbonyl (C=O) groups excluding carboxylic acids is 1. The van der Waals surface area contributed by atoms with Crippen LogP contribution in [0.5, 0.6) is 5.75 Å². The number of carbonyl (C=O) groups is 1. The van der Waals surface area contributed by atoms with E-state index in [1.165, 1.54) is 12.1 Å². The van der Waals surface area contributed by atoms with E-state index in [1.807, 2.05) is 0 Å². The third kappa shape index (κ3) is 3.74. The Morgan fingerprint density at radius 2 is 1.65 bits per heavy atom. The molecule has 0 atom stereocenters. The Kier molecular flexibility index (Phi) is 4.77. The van der Waals surface area contributed by atoms with Crippen LogP contribution in [0.2, 0.25) is 10.0 Å². The van der Waals surface area contributed by atoms with Gasteiger partial charge < -0.3 is 4.74 Å². The summed E-state index contributed by atoms with van der Waals surface area (Å²) in [7, 11) is 0. The highest BCUT2D eigenvalue weighted by molar-refractivity contribution is 6.33. The highest BCUT2D eigenvalue weighted by atomic mass is 35.5. The van der Waals surface area contributed by atoms with E-state index >= 15 is 0 Å². The van der Waals surface area contributed by atoms with E-state index in [-0.39, 0.29) is 27.0 Å². The van der Waals surface area contributed by atoms with E-state index in [9.17, 15) is 25.0 Å². The maximum absolute atomic E-state index is 12.0. The molecule has 0 aromatic heterocycles. The van der Waals surface area contributed by atoms with Crippen molar-refractivity contribution in [2.75, 3.05) is 0 Å². The van der Waals surface area contributed by atoms with Crippen molar-refractivity contribution in [3.63, 3.8) is 0 Å². The van der Waals surface area contributed by atoms with Gasteiger partial charge in [0.2, 0.25) is 0 Å². The van der Waals surface area contributed by atoms with Gasteiger partial charge in [0.1, 0.15) is 10.8 Å². The van der Waals surface area contributed by atoms with Crippen LogP contribution in [0.3, 0.4) is 0 Å². The van der Waals surface area contributed by atoms with Crippen LogP contribution in [-0.4, -0.2) is 15.8 Å². The van der Waals surface area contributed by atoms with Crippen molar-refractivity contribution in [2.45, 2.75) is 0 Å². The number of ether oxygens (including phenoxy) is 1.